The van der Waals surface area contributed by atoms with Crippen molar-refractivity contribution in [2.45, 2.75) is 70.1 Å². The smallest absolute Gasteiger partial charge is 0.407 e. The van der Waals surface area contributed by atoms with Gasteiger partial charge in [0.2, 0.25) is 0 Å². The molecule has 5 rings (SSSR count). The normalized spacial score (nSPS) is 21.8. The molecule has 1 saturated heterocycles. The average molecular weight is 453 g/mol. The minimum absolute atomic E-state index is 0.0499. The Labute approximate surface area is 193 Å². The number of likely N-dealkylation sites (tertiary alicyclic amines) is 1. The van der Waals surface area contributed by atoms with E-state index in [1.54, 1.807) is 4.90 Å². The van der Waals surface area contributed by atoms with Crippen molar-refractivity contribution in [1.29, 1.82) is 0 Å². The molecule has 1 atom stereocenters. The van der Waals surface area contributed by atoms with Gasteiger partial charge in [-0.25, -0.2) is 4.79 Å². The fourth-order valence-electron chi connectivity index (χ4n) is 5.35. The molecule has 1 aromatic heterocycles. The summed E-state index contributed by atoms with van der Waals surface area (Å²) in [6.45, 7) is 7.24. The minimum atomic E-state index is -0.561. The lowest BCUT2D eigenvalue weighted by Crippen LogP contribution is -2.55. The molecule has 176 valence electrons. The Morgan fingerprint density at radius 2 is 1.97 bits per heavy atom. The Morgan fingerprint density at radius 3 is 2.67 bits per heavy atom. The topological polar surface area (TPSA) is 92.7 Å². The predicted octanol–water partition coefficient (Wildman–Crippen LogP) is 3.39. The Balaban J connectivity index is 1.37. The van der Waals surface area contributed by atoms with Crippen LogP contribution < -0.4 is 10.6 Å². The maximum Gasteiger partial charge on any atom is 0.407 e. The molecule has 0 unspecified atom stereocenters. The predicted molar refractivity (Wildman–Crippen MR) is 124 cm³/mol. The fraction of sp³-hybridized carbons (Fsp3) is 0.560. The molecule has 1 aliphatic carbocycles. The number of ether oxygens (including phenoxy) is 1. The molecule has 1 spiro atoms. The van der Waals surface area contributed by atoms with Crippen molar-refractivity contribution in [2.24, 2.45) is 0 Å². The molecule has 8 nitrogen and oxygen atoms in total. The van der Waals surface area contributed by atoms with Crippen molar-refractivity contribution in [1.82, 2.24) is 20.1 Å². The summed E-state index contributed by atoms with van der Waals surface area (Å²) in [6.07, 6.45) is 4.39. The van der Waals surface area contributed by atoms with E-state index < -0.39 is 11.7 Å². The van der Waals surface area contributed by atoms with Crippen molar-refractivity contribution in [3.63, 3.8) is 0 Å². The van der Waals surface area contributed by atoms with Gasteiger partial charge in [-0.15, -0.1) is 0 Å². The van der Waals surface area contributed by atoms with Crippen LogP contribution in [0.3, 0.4) is 0 Å². The van der Waals surface area contributed by atoms with Crippen LogP contribution in [0.25, 0.3) is 10.9 Å². The van der Waals surface area contributed by atoms with Crippen molar-refractivity contribution in [3.8, 4) is 0 Å². The van der Waals surface area contributed by atoms with Gasteiger partial charge in [-0.2, -0.15) is 0 Å². The number of carbonyl (C=O) groups excluding carboxylic acids is 3. The largest absolute Gasteiger partial charge is 0.444 e. The van der Waals surface area contributed by atoms with Gasteiger partial charge in [0.25, 0.3) is 11.8 Å². The molecule has 1 aromatic carbocycles. The van der Waals surface area contributed by atoms with Crippen LogP contribution in [0.4, 0.5) is 4.79 Å². The molecule has 33 heavy (non-hydrogen) atoms. The van der Waals surface area contributed by atoms with Gasteiger partial charge in [-0.1, -0.05) is 6.07 Å². The molecule has 2 fully saturated rings. The Morgan fingerprint density at radius 1 is 1.18 bits per heavy atom. The molecule has 3 aliphatic rings. The van der Waals surface area contributed by atoms with Gasteiger partial charge in [0.1, 0.15) is 11.3 Å². The van der Waals surface area contributed by atoms with Crippen LogP contribution in [0, 0.1) is 0 Å². The fourth-order valence-corrected chi connectivity index (χ4v) is 5.35. The molecular formula is C25H32N4O4. The first-order valence-corrected chi connectivity index (χ1v) is 11.9. The monoisotopic (exact) mass is 452 g/mol. The number of nitrogens with one attached hydrogen (secondary N) is 2. The number of amides is 3. The number of carbonyl (C=O) groups is 3. The van der Waals surface area contributed by atoms with E-state index in [1.165, 1.54) is 0 Å². The zero-order valence-corrected chi connectivity index (χ0v) is 19.6. The number of alkyl carbamates (subject to hydrolysis) is 1. The lowest BCUT2D eigenvalue weighted by molar-refractivity contribution is 0.0452. The Kier molecular flexibility index (Phi) is 5.14. The van der Waals surface area contributed by atoms with E-state index in [0.717, 1.165) is 43.0 Å². The van der Waals surface area contributed by atoms with Gasteiger partial charge in [-0.05, 0) is 71.1 Å². The number of benzene rings is 1. The molecule has 0 radical (unpaired) electrons. The standard InChI is InChI=1S/C25H32N4O4/c1-24(2,3)33-23(32)27-18-6-4-11-28(14-18)22(31)17-8-7-16-12-20-21(30)26-15-25(9-5-10-25)29(20)19(16)13-17/h7-8,12-13,18H,4-6,9-11,14-15H2,1-3H3,(H,26,30)(H,27,32)/t18-/m1/s1. The second-order valence-corrected chi connectivity index (χ2v) is 10.6. The SMILES string of the molecule is CC(C)(C)OC(=O)N[C@@H]1CCCN(C(=O)c2ccc3cc4n(c3c2)C2(CCC2)CNC4=O)C1. The highest BCUT2D eigenvalue weighted by molar-refractivity contribution is 6.03. The lowest BCUT2D eigenvalue weighted by Gasteiger charge is -2.47. The highest BCUT2D eigenvalue weighted by Crippen LogP contribution is 2.44. The number of rotatable bonds is 2. The summed E-state index contributed by atoms with van der Waals surface area (Å²) in [5.41, 5.74) is 1.61. The Hall–Kier alpha value is -3.03. The number of hydrogen-bond donors (Lipinski definition) is 2. The zero-order valence-electron chi connectivity index (χ0n) is 19.6. The van der Waals surface area contributed by atoms with Crippen LogP contribution in [0.5, 0.6) is 0 Å². The van der Waals surface area contributed by atoms with Gasteiger partial charge in [0.15, 0.2) is 0 Å². The molecule has 2 aliphatic heterocycles. The third kappa shape index (κ3) is 3.96. The zero-order chi connectivity index (χ0) is 23.4. The van der Waals surface area contributed by atoms with E-state index in [1.807, 2.05) is 45.0 Å². The second kappa shape index (κ2) is 7.78. The van der Waals surface area contributed by atoms with Crippen LogP contribution in [0.15, 0.2) is 24.3 Å². The van der Waals surface area contributed by atoms with Gasteiger partial charge < -0.3 is 24.8 Å². The van der Waals surface area contributed by atoms with Crippen LogP contribution in [-0.4, -0.2) is 58.7 Å². The third-order valence-corrected chi connectivity index (χ3v) is 7.05. The second-order valence-electron chi connectivity index (χ2n) is 10.6. The quantitative estimate of drug-likeness (QED) is 0.731. The van der Waals surface area contributed by atoms with Gasteiger partial charge in [0, 0.05) is 36.6 Å². The molecular weight excluding hydrogens is 420 g/mol. The van der Waals surface area contributed by atoms with E-state index in [9.17, 15) is 14.4 Å². The summed E-state index contributed by atoms with van der Waals surface area (Å²) in [5, 5.41) is 6.92. The van der Waals surface area contributed by atoms with Crippen LogP contribution in [0.1, 0.15) is 73.7 Å². The number of aromatic nitrogens is 1. The summed E-state index contributed by atoms with van der Waals surface area (Å²) in [4.78, 5) is 39.9. The molecule has 3 heterocycles. The van der Waals surface area contributed by atoms with E-state index in [0.29, 0.717) is 30.9 Å². The van der Waals surface area contributed by atoms with Crippen molar-refractivity contribution in [3.05, 3.63) is 35.5 Å². The summed E-state index contributed by atoms with van der Waals surface area (Å²) in [6, 6.07) is 7.51. The molecule has 8 heteroatoms. The average Bonchev–Trinajstić information content (AvgIpc) is 3.11. The number of hydrogen-bond acceptors (Lipinski definition) is 4. The van der Waals surface area contributed by atoms with Crippen LogP contribution in [-0.2, 0) is 10.3 Å². The summed E-state index contributed by atoms with van der Waals surface area (Å²) < 4.78 is 7.54. The molecule has 2 aromatic rings. The summed E-state index contributed by atoms with van der Waals surface area (Å²) >= 11 is 0. The highest BCUT2D eigenvalue weighted by atomic mass is 16.6. The summed E-state index contributed by atoms with van der Waals surface area (Å²) in [7, 11) is 0. The molecule has 2 N–H and O–H groups in total. The molecule has 3 amide bonds. The number of nitrogens with zero attached hydrogens (tertiary/aromatic N) is 2. The first-order chi connectivity index (χ1) is 15.7. The van der Waals surface area contributed by atoms with Crippen LogP contribution in [0.2, 0.25) is 0 Å². The van der Waals surface area contributed by atoms with E-state index in [4.69, 9.17) is 4.74 Å². The van der Waals surface area contributed by atoms with Gasteiger partial charge in [0.05, 0.1) is 11.1 Å². The van der Waals surface area contributed by atoms with E-state index in [-0.39, 0.29) is 23.4 Å². The highest BCUT2D eigenvalue weighted by Gasteiger charge is 2.44. The van der Waals surface area contributed by atoms with Crippen molar-refractivity contribution < 1.29 is 19.1 Å². The summed E-state index contributed by atoms with van der Waals surface area (Å²) in [5.74, 6) is -0.102. The first-order valence-electron chi connectivity index (χ1n) is 11.9. The maximum atomic E-state index is 13.4. The van der Waals surface area contributed by atoms with E-state index >= 15 is 0 Å². The van der Waals surface area contributed by atoms with Crippen LogP contribution >= 0.6 is 0 Å². The van der Waals surface area contributed by atoms with Gasteiger partial charge >= 0.3 is 6.09 Å². The maximum absolute atomic E-state index is 13.4. The van der Waals surface area contributed by atoms with Gasteiger partial charge in [-0.3, -0.25) is 9.59 Å². The lowest BCUT2D eigenvalue weighted by atomic mass is 9.75. The van der Waals surface area contributed by atoms with E-state index in [2.05, 4.69) is 15.2 Å². The molecule has 0 bridgehead atoms. The Bertz CT molecular complexity index is 1130. The molecule has 1 saturated carbocycles. The third-order valence-electron chi connectivity index (χ3n) is 7.05. The minimum Gasteiger partial charge on any atom is -0.444 e. The number of fused-ring (bicyclic) bond motifs is 4. The van der Waals surface area contributed by atoms with Crippen molar-refractivity contribution >= 4 is 28.8 Å². The van der Waals surface area contributed by atoms with Crippen molar-refractivity contribution in [2.75, 3.05) is 19.6 Å². The first kappa shape index (κ1) is 21.8. The number of piperidine rings is 1.